The number of hydrogen-bond acceptors (Lipinski definition) is 3. The Morgan fingerprint density at radius 2 is 2.22 bits per heavy atom. The molecule has 1 aromatic carbocycles. The van der Waals surface area contributed by atoms with Gasteiger partial charge in [-0.05, 0) is 44.4 Å². The van der Waals surface area contributed by atoms with E-state index in [0.717, 1.165) is 35.9 Å². The molecule has 1 amide bonds. The van der Waals surface area contributed by atoms with E-state index in [1.165, 1.54) is 5.01 Å². The Bertz CT molecular complexity index is 824. The standard InChI is InChI=1S/C17H18ClN3OS/c1-11-10-23-16(20-11)4-2-3-7-19-17(22)15-8-12-5-6-13(18)9-14(12)21-15/h5-6,8-10,21H,2-4,7H2,1H3,(H,19,22). The first kappa shape index (κ1) is 16.0. The minimum atomic E-state index is -0.0811. The normalized spacial score (nSPS) is 11.0. The van der Waals surface area contributed by atoms with Gasteiger partial charge in [0, 0.05) is 33.5 Å². The van der Waals surface area contributed by atoms with Crippen molar-refractivity contribution in [1.82, 2.24) is 15.3 Å². The summed E-state index contributed by atoms with van der Waals surface area (Å²) in [4.78, 5) is 19.7. The Kier molecular flexibility index (Phi) is 4.98. The minimum Gasteiger partial charge on any atom is -0.351 e. The van der Waals surface area contributed by atoms with Crippen LogP contribution in [-0.2, 0) is 6.42 Å². The van der Waals surface area contributed by atoms with Crippen molar-refractivity contribution in [3.63, 3.8) is 0 Å². The monoisotopic (exact) mass is 347 g/mol. The lowest BCUT2D eigenvalue weighted by Crippen LogP contribution is -2.24. The van der Waals surface area contributed by atoms with E-state index in [1.807, 2.05) is 31.2 Å². The van der Waals surface area contributed by atoms with Gasteiger partial charge in [0.25, 0.3) is 5.91 Å². The SMILES string of the molecule is Cc1csc(CCCCNC(=O)c2cc3ccc(Cl)cc3[nH]2)n1. The van der Waals surface area contributed by atoms with Crippen LogP contribution in [0.4, 0.5) is 0 Å². The van der Waals surface area contributed by atoms with E-state index in [9.17, 15) is 4.79 Å². The van der Waals surface area contributed by atoms with Crippen molar-refractivity contribution >= 4 is 39.7 Å². The first-order valence-corrected chi connectivity index (χ1v) is 8.85. The quantitative estimate of drug-likeness (QED) is 0.652. The number of H-pyrrole nitrogens is 1. The molecule has 0 unspecified atom stereocenters. The van der Waals surface area contributed by atoms with Gasteiger partial charge in [-0.25, -0.2) is 4.98 Å². The maximum Gasteiger partial charge on any atom is 0.267 e. The smallest absolute Gasteiger partial charge is 0.267 e. The average Bonchev–Trinajstić information content (AvgIpc) is 3.12. The molecule has 23 heavy (non-hydrogen) atoms. The highest BCUT2D eigenvalue weighted by Crippen LogP contribution is 2.19. The van der Waals surface area contributed by atoms with E-state index in [2.05, 4.69) is 20.7 Å². The van der Waals surface area contributed by atoms with Crippen molar-refractivity contribution in [1.29, 1.82) is 0 Å². The van der Waals surface area contributed by atoms with E-state index in [4.69, 9.17) is 11.6 Å². The predicted molar refractivity (Wildman–Crippen MR) is 95.4 cm³/mol. The zero-order chi connectivity index (χ0) is 16.2. The number of unbranched alkanes of at least 4 members (excludes halogenated alkanes) is 1. The summed E-state index contributed by atoms with van der Waals surface area (Å²) in [7, 11) is 0. The van der Waals surface area contributed by atoms with Crippen LogP contribution in [0.3, 0.4) is 0 Å². The lowest BCUT2D eigenvalue weighted by atomic mass is 10.2. The highest BCUT2D eigenvalue weighted by atomic mass is 35.5. The van der Waals surface area contributed by atoms with Gasteiger partial charge >= 0.3 is 0 Å². The fraction of sp³-hybridized carbons (Fsp3) is 0.294. The van der Waals surface area contributed by atoms with Crippen LogP contribution in [-0.4, -0.2) is 22.4 Å². The Morgan fingerprint density at radius 3 is 3.00 bits per heavy atom. The van der Waals surface area contributed by atoms with Crippen molar-refractivity contribution in [2.24, 2.45) is 0 Å². The van der Waals surface area contributed by atoms with Gasteiger partial charge in [-0.1, -0.05) is 17.7 Å². The molecule has 0 saturated carbocycles. The van der Waals surface area contributed by atoms with Crippen molar-refractivity contribution in [2.75, 3.05) is 6.54 Å². The number of hydrogen-bond donors (Lipinski definition) is 2. The van der Waals surface area contributed by atoms with Gasteiger partial charge in [-0.2, -0.15) is 0 Å². The van der Waals surface area contributed by atoms with Crippen LogP contribution in [0.25, 0.3) is 10.9 Å². The van der Waals surface area contributed by atoms with Gasteiger partial charge in [-0.15, -0.1) is 11.3 Å². The second-order valence-electron chi connectivity index (χ2n) is 5.51. The molecule has 2 aromatic heterocycles. The van der Waals surface area contributed by atoms with Crippen LogP contribution in [0.5, 0.6) is 0 Å². The van der Waals surface area contributed by atoms with Crippen LogP contribution in [0.1, 0.15) is 34.0 Å². The summed E-state index contributed by atoms with van der Waals surface area (Å²) in [6.07, 6.45) is 2.94. The van der Waals surface area contributed by atoms with E-state index >= 15 is 0 Å². The van der Waals surface area contributed by atoms with Crippen LogP contribution >= 0.6 is 22.9 Å². The van der Waals surface area contributed by atoms with Crippen molar-refractivity contribution in [2.45, 2.75) is 26.2 Å². The Morgan fingerprint density at radius 1 is 1.35 bits per heavy atom. The number of halogens is 1. The van der Waals surface area contributed by atoms with Crippen LogP contribution in [0.2, 0.25) is 5.02 Å². The molecule has 0 saturated heterocycles. The summed E-state index contributed by atoms with van der Waals surface area (Å²) >= 11 is 7.65. The van der Waals surface area contributed by atoms with Gasteiger partial charge in [0.15, 0.2) is 0 Å². The molecule has 6 heteroatoms. The number of aromatic amines is 1. The summed E-state index contributed by atoms with van der Waals surface area (Å²) in [5.74, 6) is -0.0811. The number of fused-ring (bicyclic) bond motifs is 1. The third-order valence-corrected chi connectivity index (χ3v) is 4.86. The molecule has 0 atom stereocenters. The van der Waals surface area contributed by atoms with Crippen LogP contribution in [0.15, 0.2) is 29.6 Å². The molecule has 2 heterocycles. The Balaban J connectivity index is 1.46. The van der Waals surface area contributed by atoms with Crippen molar-refractivity contribution < 1.29 is 4.79 Å². The fourth-order valence-corrected chi connectivity index (χ4v) is 3.43. The molecule has 3 aromatic rings. The number of rotatable bonds is 6. The maximum atomic E-state index is 12.2. The molecule has 0 radical (unpaired) electrons. The zero-order valence-corrected chi connectivity index (χ0v) is 14.4. The number of nitrogens with one attached hydrogen (secondary N) is 2. The number of aryl methyl sites for hydroxylation is 2. The first-order valence-electron chi connectivity index (χ1n) is 7.59. The number of aromatic nitrogens is 2. The number of nitrogens with zero attached hydrogens (tertiary/aromatic N) is 1. The van der Waals surface area contributed by atoms with Crippen molar-refractivity contribution in [3.8, 4) is 0 Å². The zero-order valence-electron chi connectivity index (χ0n) is 12.9. The molecule has 2 N–H and O–H groups in total. The van der Waals surface area contributed by atoms with Gasteiger partial charge in [0.1, 0.15) is 5.69 Å². The fourth-order valence-electron chi connectivity index (χ4n) is 2.44. The molecule has 4 nitrogen and oxygen atoms in total. The molecular formula is C17H18ClN3OS. The molecule has 0 aliphatic rings. The number of carbonyl (C=O) groups is 1. The molecule has 0 bridgehead atoms. The van der Waals surface area contributed by atoms with Gasteiger partial charge < -0.3 is 10.3 Å². The van der Waals surface area contributed by atoms with Gasteiger partial charge in [-0.3, -0.25) is 4.79 Å². The Hall–Kier alpha value is -1.85. The number of carbonyl (C=O) groups excluding carboxylic acids is 1. The lowest BCUT2D eigenvalue weighted by Gasteiger charge is -2.03. The minimum absolute atomic E-state index is 0.0811. The average molecular weight is 348 g/mol. The summed E-state index contributed by atoms with van der Waals surface area (Å²) < 4.78 is 0. The first-order chi connectivity index (χ1) is 11.1. The molecule has 3 rings (SSSR count). The number of thiazole rings is 1. The van der Waals surface area contributed by atoms with Crippen molar-refractivity contribution in [3.05, 3.63) is 51.1 Å². The number of benzene rings is 1. The van der Waals surface area contributed by atoms with E-state index < -0.39 is 0 Å². The van der Waals surface area contributed by atoms with Crippen LogP contribution in [0, 0.1) is 6.92 Å². The second-order valence-corrected chi connectivity index (χ2v) is 6.89. The Labute approximate surface area is 143 Å². The lowest BCUT2D eigenvalue weighted by molar-refractivity contribution is 0.0949. The molecule has 0 aliphatic heterocycles. The highest BCUT2D eigenvalue weighted by molar-refractivity contribution is 7.09. The molecule has 0 spiro atoms. The molecule has 0 fully saturated rings. The maximum absolute atomic E-state index is 12.2. The van der Waals surface area contributed by atoms with E-state index in [1.54, 1.807) is 11.3 Å². The third-order valence-electron chi connectivity index (χ3n) is 3.60. The van der Waals surface area contributed by atoms with E-state index in [0.29, 0.717) is 17.3 Å². The topological polar surface area (TPSA) is 57.8 Å². The van der Waals surface area contributed by atoms with Gasteiger partial charge in [0.05, 0.1) is 5.01 Å². The summed E-state index contributed by atoms with van der Waals surface area (Å²) in [6.45, 7) is 2.67. The molecule has 120 valence electrons. The predicted octanol–water partition coefficient (Wildman–Crippen LogP) is 4.34. The highest BCUT2D eigenvalue weighted by Gasteiger charge is 2.09. The summed E-state index contributed by atoms with van der Waals surface area (Å²) in [5, 5.41) is 7.82. The van der Waals surface area contributed by atoms with Crippen LogP contribution < -0.4 is 5.32 Å². The largest absolute Gasteiger partial charge is 0.351 e. The second kappa shape index (κ2) is 7.15. The third kappa shape index (κ3) is 4.12. The van der Waals surface area contributed by atoms with E-state index in [-0.39, 0.29) is 5.91 Å². The van der Waals surface area contributed by atoms with Gasteiger partial charge in [0.2, 0.25) is 0 Å². The molecule has 0 aliphatic carbocycles. The number of amides is 1. The summed E-state index contributed by atoms with van der Waals surface area (Å²) in [6, 6.07) is 7.39. The molecular weight excluding hydrogens is 330 g/mol. The summed E-state index contributed by atoms with van der Waals surface area (Å²) in [5.41, 5.74) is 2.52.